The van der Waals surface area contributed by atoms with Crippen molar-refractivity contribution in [1.29, 1.82) is 0 Å². The van der Waals surface area contributed by atoms with Crippen LogP contribution in [0.3, 0.4) is 0 Å². The van der Waals surface area contributed by atoms with Gasteiger partial charge in [-0.25, -0.2) is 4.39 Å². The molecule has 2 heterocycles. The van der Waals surface area contributed by atoms with Crippen LogP contribution in [-0.2, 0) is 0 Å². The first-order valence-corrected chi connectivity index (χ1v) is 11.7. The van der Waals surface area contributed by atoms with Crippen LogP contribution in [0, 0.1) is 11.7 Å². The van der Waals surface area contributed by atoms with E-state index in [9.17, 15) is 4.39 Å². The Morgan fingerprint density at radius 2 is 1.88 bits per heavy atom. The lowest BCUT2D eigenvalue weighted by Gasteiger charge is -2.34. The Hall–Kier alpha value is -2.68. The van der Waals surface area contributed by atoms with Gasteiger partial charge in [0.2, 0.25) is 11.9 Å². The maximum atomic E-state index is 14.2. The Kier molecular flexibility index (Phi) is 7.24. The van der Waals surface area contributed by atoms with Crippen LogP contribution in [0.5, 0.6) is 11.8 Å². The summed E-state index contributed by atoms with van der Waals surface area (Å²) in [6.45, 7) is 6.09. The van der Waals surface area contributed by atoms with E-state index in [-0.39, 0.29) is 17.7 Å². The van der Waals surface area contributed by atoms with E-state index in [0.717, 1.165) is 32.6 Å². The van der Waals surface area contributed by atoms with Crippen LogP contribution in [0.1, 0.15) is 51.9 Å². The molecule has 174 valence electrons. The van der Waals surface area contributed by atoms with Gasteiger partial charge in [-0.05, 0) is 56.8 Å². The van der Waals surface area contributed by atoms with Crippen molar-refractivity contribution in [3.63, 3.8) is 0 Å². The highest BCUT2D eigenvalue weighted by molar-refractivity contribution is 5.44. The molecule has 8 nitrogen and oxygen atoms in total. The average molecular weight is 444 g/mol. The fourth-order valence-electron chi connectivity index (χ4n) is 4.94. The van der Waals surface area contributed by atoms with Crippen LogP contribution >= 0.6 is 0 Å². The molecular weight excluding hydrogens is 409 g/mol. The van der Waals surface area contributed by atoms with Gasteiger partial charge in [0.1, 0.15) is 0 Å². The van der Waals surface area contributed by atoms with Gasteiger partial charge in [0.05, 0.1) is 0 Å². The smallest absolute Gasteiger partial charge is 0.328 e. The Morgan fingerprint density at radius 1 is 1.06 bits per heavy atom. The topological polar surface area (TPSA) is 106 Å². The third-order valence-electron chi connectivity index (χ3n) is 6.60. The maximum Gasteiger partial charge on any atom is 0.328 e. The predicted molar refractivity (Wildman–Crippen MR) is 124 cm³/mol. The molecule has 2 aliphatic rings. The summed E-state index contributed by atoms with van der Waals surface area (Å²) in [7, 11) is 0. The average Bonchev–Trinajstić information content (AvgIpc) is 3.23. The summed E-state index contributed by atoms with van der Waals surface area (Å²) >= 11 is 0. The molecule has 1 saturated heterocycles. The van der Waals surface area contributed by atoms with Crippen LogP contribution < -0.4 is 21.1 Å². The second-order valence-electron chi connectivity index (χ2n) is 8.90. The summed E-state index contributed by atoms with van der Waals surface area (Å²) in [6.07, 6.45) is 8.67. The predicted octanol–water partition coefficient (Wildman–Crippen LogP) is 3.84. The van der Waals surface area contributed by atoms with Crippen molar-refractivity contribution < 1.29 is 9.13 Å². The number of anilines is 3. The molecule has 1 unspecified atom stereocenters. The van der Waals surface area contributed by atoms with Crippen molar-refractivity contribution in [1.82, 2.24) is 19.9 Å². The van der Waals surface area contributed by atoms with Gasteiger partial charge in [-0.2, -0.15) is 15.0 Å². The highest BCUT2D eigenvalue weighted by Gasteiger charge is 2.28. The molecule has 1 aliphatic heterocycles. The zero-order valence-corrected chi connectivity index (χ0v) is 18.8. The Morgan fingerprint density at radius 3 is 2.62 bits per heavy atom. The minimum atomic E-state index is -0.575. The van der Waals surface area contributed by atoms with Crippen molar-refractivity contribution in [3.05, 3.63) is 24.0 Å². The van der Waals surface area contributed by atoms with Gasteiger partial charge in [-0.1, -0.05) is 26.2 Å². The number of likely N-dealkylation sites (N-methyl/N-ethyl adjacent to an activating group) is 1. The van der Waals surface area contributed by atoms with Gasteiger partial charge >= 0.3 is 6.01 Å². The lowest BCUT2D eigenvalue weighted by Crippen LogP contribution is -2.43. The zero-order valence-electron chi connectivity index (χ0n) is 18.8. The van der Waals surface area contributed by atoms with E-state index in [1.54, 1.807) is 6.07 Å². The van der Waals surface area contributed by atoms with Crippen molar-refractivity contribution in [2.24, 2.45) is 5.92 Å². The quantitative estimate of drug-likeness (QED) is 0.593. The molecule has 4 rings (SSSR count). The second-order valence-corrected chi connectivity index (χ2v) is 8.90. The Labute approximate surface area is 189 Å². The SMILES string of the molecule is CCN1CCCC1CN(CC1CCCCC1)c1nc(N)nc(Oc2ccc(N)cc2F)n1. The molecule has 2 fully saturated rings. The number of nitrogens with two attached hydrogens (primary N) is 2. The van der Waals surface area contributed by atoms with Gasteiger partial charge in [0, 0.05) is 30.9 Å². The standard InChI is InChI=1S/C23H34FN7O/c1-2-30-12-6-9-18(30)15-31(14-16-7-4-3-5-8-16)22-27-21(26)28-23(29-22)32-20-11-10-17(25)13-19(20)24/h10-11,13,16,18H,2-9,12,14-15,25H2,1H3,(H2,26,27,28,29). The van der Waals surface area contributed by atoms with Crippen LogP contribution in [0.15, 0.2) is 18.2 Å². The number of rotatable bonds is 8. The number of hydrogen-bond acceptors (Lipinski definition) is 8. The number of likely N-dealkylation sites (tertiary alicyclic amines) is 1. The van der Waals surface area contributed by atoms with Crippen LogP contribution in [0.25, 0.3) is 0 Å². The van der Waals surface area contributed by atoms with Gasteiger partial charge in [0.15, 0.2) is 11.6 Å². The molecule has 0 radical (unpaired) electrons. The molecule has 4 N–H and O–H groups in total. The molecule has 1 atom stereocenters. The Bertz CT molecular complexity index is 906. The van der Waals surface area contributed by atoms with Gasteiger partial charge < -0.3 is 21.1 Å². The monoisotopic (exact) mass is 443 g/mol. The van der Waals surface area contributed by atoms with Gasteiger partial charge in [-0.15, -0.1) is 0 Å². The van der Waals surface area contributed by atoms with E-state index in [2.05, 4.69) is 31.7 Å². The summed E-state index contributed by atoms with van der Waals surface area (Å²) in [5.74, 6) is 0.596. The van der Waals surface area contributed by atoms with E-state index >= 15 is 0 Å². The molecule has 9 heteroatoms. The Balaban J connectivity index is 1.58. The summed E-state index contributed by atoms with van der Waals surface area (Å²) in [5.41, 5.74) is 12.0. The summed E-state index contributed by atoms with van der Waals surface area (Å²) in [6, 6.07) is 4.68. The minimum absolute atomic E-state index is 0.00234. The molecule has 32 heavy (non-hydrogen) atoms. The molecule has 1 aromatic carbocycles. The molecule has 0 spiro atoms. The zero-order chi connectivity index (χ0) is 22.5. The second kappa shape index (κ2) is 10.3. The molecule has 1 saturated carbocycles. The fourth-order valence-corrected chi connectivity index (χ4v) is 4.94. The normalized spacial score (nSPS) is 19.9. The minimum Gasteiger partial charge on any atom is -0.421 e. The highest BCUT2D eigenvalue weighted by atomic mass is 19.1. The number of halogens is 1. The number of nitrogens with zero attached hydrogens (tertiary/aromatic N) is 5. The summed E-state index contributed by atoms with van der Waals surface area (Å²) < 4.78 is 19.9. The highest BCUT2D eigenvalue weighted by Crippen LogP contribution is 2.29. The molecular formula is C23H34FN7O. The van der Waals surface area contributed by atoms with Crippen molar-refractivity contribution in [3.8, 4) is 11.8 Å². The summed E-state index contributed by atoms with van der Waals surface area (Å²) in [5, 5.41) is 0. The van der Waals surface area contributed by atoms with E-state index in [1.165, 1.54) is 50.7 Å². The molecule has 0 bridgehead atoms. The number of ether oxygens (including phenoxy) is 1. The number of aromatic nitrogens is 3. The number of nitrogen functional groups attached to an aromatic ring is 2. The molecule has 2 aromatic rings. The number of benzene rings is 1. The van der Waals surface area contributed by atoms with E-state index in [0.29, 0.717) is 23.6 Å². The van der Waals surface area contributed by atoms with E-state index < -0.39 is 5.82 Å². The molecule has 0 amide bonds. The third-order valence-corrected chi connectivity index (χ3v) is 6.60. The van der Waals surface area contributed by atoms with Crippen LogP contribution in [0.2, 0.25) is 0 Å². The first-order valence-electron chi connectivity index (χ1n) is 11.7. The van der Waals surface area contributed by atoms with Crippen LogP contribution in [-0.4, -0.2) is 52.1 Å². The third kappa shape index (κ3) is 5.56. The van der Waals surface area contributed by atoms with Gasteiger partial charge in [0.25, 0.3) is 0 Å². The van der Waals surface area contributed by atoms with Gasteiger partial charge in [-0.3, -0.25) is 4.90 Å². The van der Waals surface area contributed by atoms with Crippen molar-refractivity contribution in [2.45, 2.75) is 57.9 Å². The van der Waals surface area contributed by atoms with Crippen LogP contribution in [0.4, 0.5) is 22.0 Å². The molecule has 1 aromatic heterocycles. The molecule has 1 aliphatic carbocycles. The maximum absolute atomic E-state index is 14.2. The first-order chi connectivity index (χ1) is 15.5. The van der Waals surface area contributed by atoms with Crippen molar-refractivity contribution >= 4 is 17.6 Å². The number of hydrogen-bond donors (Lipinski definition) is 2. The van der Waals surface area contributed by atoms with E-state index in [1.807, 2.05) is 0 Å². The van der Waals surface area contributed by atoms with Crippen molar-refractivity contribution in [2.75, 3.05) is 42.5 Å². The largest absolute Gasteiger partial charge is 0.421 e. The lowest BCUT2D eigenvalue weighted by molar-refractivity contribution is 0.262. The lowest BCUT2D eigenvalue weighted by atomic mass is 9.89. The first kappa shape index (κ1) is 22.5. The fraction of sp³-hybridized carbons (Fsp3) is 0.609. The summed E-state index contributed by atoms with van der Waals surface area (Å²) in [4.78, 5) is 17.8. The van der Waals surface area contributed by atoms with E-state index in [4.69, 9.17) is 16.2 Å².